The summed E-state index contributed by atoms with van der Waals surface area (Å²) < 4.78 is 5.20. The van der Waals surface area contributed by atoms with Crippen LogP contribution in [0.5, 0.6) is 5.75 Å². The van der Waals surface area contributed by atoms with E-state index in [4.69, 9.17) is 22.1 Å². The van der Waals surface area contributed by atoms with Crippen LogP contribution in [0.4, 0.5) is 0 Å². The summed E-state index contributed by atoms with van der Waals surface area (Å²) in [5.41, 5.74) is 6.50. The van der Waals surface area contributed by atoms with E-state index in [2.05, 4.69) is 0 Å². The second-order valence-corrected chi connectivity index (χ2v) is 4.54. The number of nitrogens with two attached hydrogens (primary N) is 1. The highest BCUT2D eigenvalue weighted by molar-refractivity contribution is 6.30. The minimum Gasteiger partial charge on any atom is -0.425 e. The summed E-state index contributed by atoms with van der Waals surface area (Å²) in [7, 11) is 0. The lowest BCUT2D eigenvalue weighted by Gasteiger charge is -2.15. The molecule has 1 aromatic carbocycles. The zero-order valence-electron chi connectivity index (χ0n) is 9.66. The van der Waals surface area contributed by atoms with Crippen LogP contribution in [0.25, 0.3) is 0 Å². The van der Waals surface area contributed by atoms with Crippen LogP contribution in [0.15, 0.2) is 18.2 Å². The third kappa shape index (κ3) is 3.22. The van der Waals surface area contributed by atoms with Crippen molar-refractivity contribution in [2.24, 2.45) is 11.7 Å². The molecule has 4 heteroatoms. The largest absolute Gasteiger partial charge is 0.425 e. The minimum absolute atomic E-state index is 0.0557. The average molecular weight is 242 g/mol. The monoisotopic (exact) mass is 241 g/mol. The molecule has 2 N–H and O–H groups in total. The smallest absolute Gasteiger partial charge is 0.328 e. The van der Waals surface area contributed by atoms with Crippen molar-refractivity contribution < 1.29 is 9.53 Å². The van der Waals surface area contributed by atoms with Gasteiger partial charge in [-0.1, -0.05) is 25.4 Å². The Labute approximate surface area is 101 Å². The van der Waals surface area contributed by atoms with Crippen molar-refractivity contribution in [3.05, 3.63) is 28.8 Å². The molecule has 0 bridgehead atoms. The predicted molar refractivity (Wildman–Crippen MR) is 64.6 cm³/mol. The van der Waals surface area contributed by atoms with Gasteiger partial charge in [0.25, 0.3) is 0 Å². The fourth-order valence-electron chi connectivity index (χ4n) is 1.18. The van der Waals surface area contributed by atoms with E-state index in [1.807, 2.05) is 20.8 Å². The molecule has 0 heterocycles. The number of hydrogen-bond acceptors (Lipinski definition) is 3. The Morgan fingerprint density at radius 3 is 2.56 bits per heavy atom. The van der Waals surface area contributed by atoms with Crippen LogP contribution in [0.1, 0.15) is 19.4 Å². The highest BCUT2D eigenvalue weighted by Crippen LogP contribution is 2.22. The van der Waals surface area contributed by atoms with Gasteiger partial charge in [-0.15, -0.1) is 0 Å². The van der Waals surface area contributed by atoms with Gasteiger partial charge >= 0.3 is 5.97 Å². The second kappa shape index (κ2) is 5.32. The van der Waals surface area contributed by atoms with Gasteiger partial charge < -0.3 is 10.5 Å². The van der Waals surface area contributed by atoms with Gasteiger partial charge in [-0.3, -0.25) is 0 Å². The normalized spacial score (nSPS) is 12.6. The molecule has 0 aliphatic heterocycles. The Morgan fingerprint density at radius 2 is 2.06 bits per heavy atom. The lowest BCUT2D eigenvalue weighted by atomic mass is 10.1. The molecule has 0 saturated carbocycles. The lowest BCUT2D eigenvalue weighted by Crippen LogP contribution is -2.38. The van der Waals surface area contributed by atoms with Crippen molar-refractivity contribution >= 4 is 17.6 Å². The molecule has 3 nitrogen and oxygen atoms in total. The van der Waals surface area contributed by atoms with Crippen molar-refractivity contribution in [1.29, 1.82) is 0 Å². The SMILES string of the molecule is Cc1cc(Cl)ccc1OC(=O)C(N)C(C)C. The quantitative estimate of drug-likeness (QED) is 0.654. The molecule has 0 saturated heterocycles. The zero-order valence-corrected chi connectivity index (χ0v) is 10.4. The summed E-state index contributed by atoms with van der Waals surface area (Å²) in [5, 5.41) is 0.616. The lowest BCUT2D eigenvalue weighted by molar-refractivity contribution is -0.136. The van der Waals surface area contributed by atoms with Crippen molar-refractivity contribution in [3.63, 3.8) is 0 Å². The number of benzene rings is 1. The Hall–Kier alpha value is -1.06. The fourth-order valence-corrected chi connectivity index (χ4v) is 1.40. The van der Waals surface area contributed by atoms with Crippen LogP contribution in [0.2, 0.25) is 5.02 Å². The molecule has 0 spiro atoms. The van der Waals surface area contributed by atoms with Crippen molar-refractivity contribution in [1.82, 2.24) is 0 Å². The summed E-state index contributed by atoms with van der Waals surface area (Å²) in [6.07, 6.45) is 0. The van der Waals surface area contributed by atoms with Gasteiger partial charge in [0.1, 0.15) is 11.8 Å². The number of ether oxygens (including phenoxy) is 1. The molecular formula is C12H16ClNO2. The van der Waals surface area contributed by atoms with E-state index in [1.54, 1.807) is 18.2 Å². The van der Waals surface area contributed by atoms with Crippen LogP contribution < -0.4 is 10.5 Å². The maximum atomic E-state index is 11.6. The molecule has 1 aromatic rings. The summed E-state index contributed by atoms with van der Waals surface area (Å²) in [4.78, 5) is 11.6. The number of aryl methyl sites for hydroxylation is 1. The van der Waals surface area contributed by atoms with Gasteiger partial charge in [-0.2, -0.15) is 0 Å². The molecule has 0 radical (unpaired) electrons. The van der Waals surface area contributed by atoms with Gasteiger partial charge in [0.05, 0.1) is 0 Å². The number of hydrogen-bond donors (Lipinski definition) is 1. The highest BCUT2D eigenvalue weighted by atomic mass is 35.5. The molecule has 0 aromatic heterocycles. The van der Waals surface area contributed by atoms with Gasteiger partial charge in [0, 0.05) is 5.02 Å². The molecular weight excluding hydrogens is 226 g/mol. The second-order valence-electron chi connectivity index (χ2n) is 4.10. The molecule has 0 amide bonds. The first kappa shape index (κ1) is 13.0. The summed E-state index contributed by atoms with van der Waals surface area (Å²) >= 11 is 5.80. The Kier molecular flexibility index (Phi) is 4.33. The van der Waals surface area contributed by atoms with Gasteiger partial charge in [0.15, 0.2) is 0 Å². The fraction of sp³-hybridized carbons (Fsp3) is 0.417. The van der Waals surface area contributed by atoms with E-state index in [0.717, 1.165) is 5.56 Å². The third-order valence-electron chi connectivity index (χ3n) is 2.34. The van der Waals surface area contributed by atoms with Crippen LogP contribution >= 0.6 is 11.6 Å². The topological polar surface area (TPSA) is 52.3 Å². The molecule has 0 fully saturated rings. The number of rotatable bonds is 3. The van der Waals surface area contributed by atoms with E-state index in [1.165, 1.54) is 0 Å². The zero-order chi connectivity index (χ0) is 12.3. The average Bonchev–Trinajstić information content (AvgIpc) is 2.20. The minimum atomic E-state index is -0.602. The summed E-state index contributed by atoms with van der Waals surface area (Å²) in [6.45, 7) is 5.58. The third-order valence-corrected chi connectivity index (χ3v) is 2.57. The van der Waals surface area contributed by atoms with E-state index >= 15 is 0 Å². The van der Waals surface area contributed by atoms with Crippen LogP contribution in [0.3, 0.4) is 0 Å². The number of halogens is 1. The Balaban J connectivity index is 2.77. The highest BCUT2D eigenvalue weighted by Gasteiger charge is 2.19. The molecule has 0 aliphatic rings. The Bertz CT molecular complexity index is 391. The molecule has 88 valence electrons. The molecule has 1 rings (SSSR count). The first-order valence-electron chi connectivity index (χ1n) is 5.15. The first-order chi connectivity index (χ1) is 7.41. The number of carbonyl (C=O) groups is 1. The maximum Gasteiger partial charge on any atom is 0.328 e. The number of esters is 1. The van der Waals surface area contributed by atoms with E-state index in [9.17, 15) is 4.79 Å². The van der Waals surface area contributed by atoms with Gasteiger partial charge in [-0.25, -0.2) is 4.79 Å². The van der Waals surface area contributed by atoms with Crippen LogP contribution in [-0.2, 0) is 4.79 Å². The van der Waals surface area contributed by atoms with Gasteiger partial charge in [0.2, 0.25) is 0 Å². The van der Waals surface area contributed by atoms with Gasteiger partial charge in [-0.05, 0) is 36.6 Å². The van der Waals surface area contributed by atoms with Crippen molar-refractivity contribution in [2.45, 2.75) is 26.8 Å². The van der Waals surface area contributed by atoms with E-state index in [0.29, 0.717) is 10.8 Å². The molecule has 1 atom stereocenters. The van der Waals surface area contributed by atoms with Crippen LogP contribution in [-0.4, -0.2) is 12.0 Å². The van der Waals surface area contributed by atoms with Crippen LogP contribution in [0, 0.1) is 12.8 Å². The summed E-state index contributed by atoms with van der Waals surface area (Å²) in [6, 6.07) is 4.49. The first-order valence-corrected chi connectivity index (χ1v) is 5.53. The van der Waals surface area contributed by atoms with E-state index < -0.39 is 12.0 Å². The standard InChI is InChI=1S/C12H16ClNO2/c1-7(2)11(14)12(15)16-10-5-4-9(13)6-8(10)3/h4-7,11H,14H2,1-3H3. The number of carbonyl (C=O) groups excluding carboxylic acids is 1. The molecule has 16 heavy (non-hydrogen) atoms. The predicted octanol–water partition coefficient (Wildman–Crippen LogP) is 2.54. The maximum absolute atomic E-state index is 11.6. The molecule has 0 aliphatic carbocycles. The van der Waals surface area contributed by atoms with Crippen molar-refractivity contribution in [3.8, 4) is 5.75 Å². The van der Waals surface area contributed by atoms with E-state index in [-0.39, 0.29) is 5.92 Å². The van der Waals surface area contributed by atoms with Crippen molar-refractivity contribution in [2.75, 3.05) is 0 Å². The summed E-state index contributed by atoms with van der Waals surface area (Å²) in [5.74, 6) is 0.144. The Morgan fingerprint density at radius 1 is 1.44 bits per heavy atom. The molecule has 1 unspecified atom stereocenters.